The third-order valence-electron chi connectivity index (χ3n) is 6.45. The topological polar surface area (TPSA) is 67.8 Å². The van der Waals surface area contributed by atoms with Gasteiger partial charge in [-0.1, -0.05) is 30.4 Å². The van der Waals surface area contributed by atoms with E-state index >= 15 is 0 Å². The van der Waals surface area contributed by atoms with Crippen molar-refractivity contribution in [2.45, 2.75) is 31.4 Å². The smallest absolute Gasteiger partial charge is 0.319 e. The van der Waals surface area contributed by atoms with Crippen molar-refractivity contribution < 1.29 is 9.90 Å². The molecule has 2 amide bonds. The van der Waals surface area contributed by atoms with Crippen LogP contribution in [0.5, 0.6) is 0 Å². The second-order valence-electron chi connectivity index (χ2n) is 8.80. The van der Waals surface area contributed by atoms with E-state index < -0.39 is 6.10 Å². The van der Waals surface area contributed by atoms with Crippen molar-refractivity contribution in [3.8, 4) is 0 Å². The lowest BCUT2D eigenvalue weighted by atomic mass is 10.1. The first-order valence-electron chi connectivity index (χ1n) is 11.3. The SMILES string of the molecule is O=C1NCc2cc(C=C[C@@H](O)CN3CCN(c4ccc(C5CC5)cc4)CC3)ccc2N1. The average molecular weight is 419 g/mol. The summed E-state index contributed by atoms with van der Waals surface area (Å²) in [5.74, 6) is 0.805. The monoisotopic (exact) mass is 418 g/mol. The second kappa shape index (κ2) is 8.73. The maximum Gasteiger partial charge on any atom is 0.319 e. The molecule has 1 saturated carbocycles. The van der Waals surface area contributed by atoms with Gasteiger partial charge in [-0.05, 0) is 59.7 Å². The van der Waals surface area contributed by atoms with Crippen LogP contribution in [0, 0.1) is 0 Å². The Morgan fingerprint density at radius 3 is 2.58 bits per heavy atom. The third kappa shape index (κ3) is 4.92. The van der Waals surface area contributed by atoms with Gasteiger partial charge in [0, 0.05) is 50.6 Å². The summed E-state index contributed by atoms with van der Waals surface area (Å²) in [6.45, 7) is 5.07. The number of benzene rings is 2. The lowest BCUT2D eigenvalue weighted by Crippen LogP contribution is -2.48. The predicted octanol–water partition coefficient (Wildman–Crippen LogP) is 3.40. The van der Waals surface area contributed by atoms with E-state index in [4.69, 9.17) is 0 Å². The maximum atomic E-state index is 11.4. The Morgan fingerprint density at radius 1 is 1.06 bits per heavy atom. The highest BCUT2D eigenvalue weighted by molar-refractivity contribution is 5.92. The number of fused-ring (bicyclic) bond motifs is 1. The van der Waals surface area contributed by atoms with E-state index in [0.717, 1.165) is 48.9 Å². The van der Waals surface area contributed by atoms with Crippen molar-refractivity contribution in [1.82, 2.24) is 10.2 Å². The molecule has 2 aromatic rings. The summed E-state index contributed by atoms with van der Waals surface area (Å²) in [6.07, 6.45) is 6.00. The molecule has 6 heteroatoms. The molecule has 5 rings (SSSR count). The highest BCUT2D eigenvalue weighted by Gasteiger charge is 2.24. The van der Waals surface area contributed by atoms with Crippen LogP contribution in [0.25, 0.3) is 6.08 Å². The fourth-order valence-corrected chi connectivity index (χ4v) is 4.44. The van der Waals surface area contributed by atoms with Crippen molar-refractivity contribution in [3.05, 3.63) is 65.2 Å². The first-order valence-corrected chi connectivity index (χ1v) is 11.3. The predicted molar refractivity (Wildman–Crippen MR) is 124 cm³/mol. The number of nitrogens with one attached hydrogen (secondary N) is 2. The number of hydrogen-bond donors (Lipinski definition) is 3. The van der Waals surface area contributed by atoms with Gasteiger partial charge in [-0.3, -0.25) is 4.90 Å². The van der Waals surface area contributed by atoms with Crippen LogP contribution in [0.3, 0.4) is 0 Å². The van der Waals surface area contributed by atoms with Crippen LogP contribution in [0.1, 0.15) is 35.4 Å². The number of rotatable bonds is 6. The van der Waals surface area contributed by atoms with Crippen LogP contribution < -0.4 is 15.5 Å². The van der Waals surface area contributed by atoms with E-state index in [1.165, 1.54) is 24.1 Å². The number of carbonyl (C=O) groups excluding carboxylic acids is 1. The van der Waals surface area contributed by atoms with E-state index in [-0.39, 0.29) is 6.03 Å². The number of anilines is 2. The fourth-order valence-electron chi connectivity index (χ4n) is 4.44. The van der Waals surface area contributed by atoms with Crippen molar-refractivity contribution in [3.63, 3.8) is 0 Å². The van der Waals surface area contributed by atoms with Crippen LogP contribution in [0.4, 0.5) is 16.2 Å². The standard InChI is InChI=1S/C25H30N4O2/c30-23(9-1-18-2-10-24-21(15-18)16-26-25(31)27-24)17-28-11-13-29(14-12-28)22-7-5-20(6-8-22)19-3-4-19/h1-2,5-10,15,19,23,30H,3-4,11-14,16-17H2,(H2,26,27,31)/t23-/m1/s1. The van der Waals surface area contributed by atoms with Gasteiger partial charge in [0.25, 0.3) is 0 Å². The number of amides is 2. The Kier molecular flexibility index (Phi) is 5.66. The summed E-state index contributed by atoms with van der Waals surface area (Å²) >= 11 is 0. The summed E-state index contributed by atoms with van der Waals surface area (Å²) in [5, 5.41) is 16.1. The maximum absolute atomic E-state index is 11.4. The normalized spacial score (nSPS) is 20.3. The molecule has 0 unspecified atom stereocenters. The quantitative estimate of drug-likeness (QED) is 0.673. The van der Waals surface area contributed by atoms with Gasteiger partial charge in [-0.2, -0.15) is 0 Å². The Hall–Kier alpha value is -2.83. The molecule has 2 heterocycles. The number of urea groups is 1. The molecular formula is C25H30N4O2. The number of nitrogens with zero attached hydrogens (tertiary/aromatic N) is 2. The zero-order chi connectivity index (χ0) is 21.2. The summed E-state index contributed by atoms with van der Waals surface area (Å²) in [6, 6.07) is 14.9. The van der Waals surface area contributed by atoms with E-state index in [9.17, 15) is 9.90 Å². The van der Waals surface area contributed by atoms with Gasteiger partial charge in [-0.15, -0.1) is 0 Å². The van der Waals surface area contributed by atoms with Crippen LogP contribution in [0.15, 0.2) is 48.5 Å². The Bertz CT molecular complexity index is 960. The molecule has 3 aliphatic rings. The molecule has 31 heavy (non-hydrogen) atoms. The summed E-state index contributed by atoms with van der Waals surface area (Å²) in [7, 11) is 0. The van der Waals surface area contributed by atoms with E-state index in [0.29, 0.717) is 13.1 Å². The molecule has 2 aliphatic heterocycles. The van der Waals surface area contributed by atoms with Gasteiger partial charge in [-0.25, -0.2) is 4.79 Å². The molecule has 1 saturated heterocycles. The molecule has 162 valence electrons. The van der Waals surface area contributed by atoms with Crippen LogP contribution in [-0.4, -0.2) is 54.9 Å². The number of β-amino-alcohol motifs (C(OH)–C–C–N with tert-alkyl or cyclic N) is 1. The van der Waals surface area contributed by atoms with Crippen molar-refractivity contribution >= 4 is 23.5 Å². The second-order valence-corrected chi connectivity index (χ2v) is 8.80. The Labute approximate surface area is 183 Å². The van der Waals surface area contributed by atoms with Crippen LogP contribution in [-0.2, 0) is 6.54 Å². The Balaban J connectivity index is 1.10. The van der Waals surface area contributed by atoms with E-state index in [1.54, 1.807) is 0 Å². The van der Waals surface area contributed by atoms with Crippen molar-refractivity contribution in [2.75, 3.05) is 42.9 Å². The average Bonchev–Trinajstić information content (AvgIpc) is 3.64. The number of piperazine rings is 1. The molecule has 0 radical (unpaired) electrons. The molecule has 0 aromatic heterocycles. The summed E-state index contributed by atoms with van der Waals surface area (Å²) < 4.78 is 0. The third-order valence-corrected chi connectivity index (χ3v) is 6.45. The lowest BCUT2D eigenvalue weighted by molar-refractivity contribution is 0.142. The molecule has 2 aromatic carbocycles. The highest BCUT2D eigenvalue weighted by Crippen LogP contribution is 2.40. The fraction of sp³-hybridized carbons (Fsp3) is 0.400. The highest BCUT2D eigenvalue weighted by atomic mass is 16.3. The van der Waals surface area contributed by atoms with Gasteiger partial charge in [0.2, 0.25) is 0 Å². The van der Waals surface area contributed by atoms with E-state index in [2.05, 4.69) is 44.7 Å². The van der Waals surface area contributed by atoms with Gasteiger partial charge >= 0.3 is 6.03 Å². The minimum atomic E-state index is -0.502. The molecule has 0 bridgehead atoms. The first kappa shape index (κ1) is 20.1. The summed E-state index contributed by atoms with van der Waals surface area (Å²) in [4.78, 5) is 16.1. The van der Waals surface area contributed by atoms with Gasteiger partial charge in [0.15, 0.2) is 0 Å². The number of carbonyl (C=O) groups is 1. The van der Waals surface area contributed by atoms with Gasteiger partial charge in [0.05, 0.1) is 6.10 Å². The van der Waals surface area contributed by atoms with Gasteiger partial charge < -0.3 is 20.6 Å². The molecule has 1 aliphatic carbocycles. The Morgan fingerprint density at radius 2 is 1.84 bits per heavy atom. The van der Waals surface area contributed by atoms with Crippen LogP contribution in [0.2, 0.25) is 0 Å². The molecular weight excluding hydrogens is 388 g/mol. The summed E-state index contributed by atoms with van der Waals surface area (Å²) in [5.41, 5.74) is 5.72. The van der Waals surface area contributed by atoms with Gasteiger partial charge in [0.1, 0.15) is 0 Å². The first-order chi connectivity index (χ1) is 15.1. The molecule has 2 fully saturated rings. The van der Waals surface area contributed by atoms with E-state index in [1.807, 2.05) is 30.4 Å². The van der Waals surface area contributed by atoms with Crippen molar-refractivity contribution in [1.29, 1.82) is 0 Å². The number of aliphatic hydroxyl groups excluding tert-OH is 1. The molecule has 1 atom stereocenters. The number of aliphatic hydroxyl groups is 1. The van der Waals surface area contributed by atoms with Crippen molar-refractivity contribution in [2.24, 2.45) is 0 Å². The zero-order valence-electron chi connectivity index (χ0n) is 17.8. The zero-order valence-corrected chi connectivity index (χ0v) is 17.8. The number of hydrogen-bond acceptors (Lipinski definition) is 4. The molecule has 3 N–H and O–H groups in total. The van der Waals surface area contributed by atoms with Crippen LogP contribution >= 0.6 is 0 Å². The minimum absolute atomic E-state index is 0.165. The molecule has 0 spiro atoms. The molecule has 6 nitrogen and oxygen atoms in total. The minimum Gasteiger partial charge on any atom is -0.388 e. The lowest BCUT2D eigenvalue weighted by Gasteiger charge is -2.36. The largest absolute Gasteiger partial charge is 0.388 e.